The Bertz CT molecular complexity index is 1690. The highest BCUT2D eigenvalue weighted by Crippen LogP contribution is 2.45. The molecular weight excluding hydrogens is 1150 g/mol. The van der Waals surface area contributed by atoms with E-state index in [-0.39, 0.29) is 25.7 Å². The normalized spacial score (nSPS) is 14.1. The van der Waals surface area contributed by atoms with E-state index in [1.165, 1.54) is 167 Å². The van der Waals surface area contributed by atoms with Crippen molar-refractivity contribution in [3.05, 3.63) is 0 Å². The number of phosphoric acid groups is 2. The molecular formula is C68H132O17P2. The van der Waals surface area contributed by atoms with Crippen LogP contribution >= 0.6 is 15.6 Å². The van der Waals surface area contributed by atoms with Crippen LogP contribution < -0.4 is 0 Å². The molecule has 0 amide bonds. The van der Waals surface area contributed by atoms with Gasteiger partial charge in [-0.15, -0.1) is 0 Å². The number of phosphoric ester groups is 2. The number of unbranched alkanes of at least 4 members (excludes halogenated alkanes) is 40. The minimum Gasteiger partial charge on any atom is -0.462 e. The molecule has 0 rings (SSSR count). The van der Waals surface area contributed by atoms with Crippen LogP contribution in [0.4, 0.5) is 0 Å². The fraction of sp³-hybridized carbons (Fsp3) is 0.941. The summed E-state index contributed by atoms with van der Waals surface area (Å²) in [4.78, 5) is 72.3. The van der Waals surface area contributed by atoms with Crippen molar-refractivity contribution in [1.82, 2.24) is 0 Å². The van der Waals surface area contributed by atoms with Gasteiger partial charge in [-0.25, -0.2) is 9.13 Å². The van der Waals surface area contributed by atoms with Gasteiger partial charge >= 0.3 is 39.5 Å². The predicted molar refractivity (Wildman–Crippen MR) is 349 cm³/mol. The SMILES string of the molecule is CCCCCCCCCCCCCCCCCC(=O)O[C@H](COC(=O)CCCCCCCCCCCCCCCC)COP(=O)(O)OC[C@@H](O)COP(=O)(O)OC[C@@H](COC(=O)CCCCCCCCCC)OC(=O)CCCCCCCCCC(C)C. The van der Waals surface area contributed by atoms with Crippen LogP contribution in [0.2, 0.25) is 0 Å². The van der Waals surface area contributed by atoms with Crippen molar-refractivity contribution in [1.29, 1.82) is 0 Å². The number of aliphatic hydroxyl groups excluding tert-OH is 1. The first-order valence-electron chi connectivity index (χ1n) is 35.6. The van der Waals surface area contributed by atoms with Crippen molar-refractivity contribution in [2.75, 3.05) is 39.6 Å². The number of rotatable bonds is 68. The fourth-order valence-electron chi connectivity index (χ4n) is 10.3. The van der Waals surface area contributed by atoms with Crippen molar-refractivity contribution in [3.63, 3.8) is 0 Å². The van der Waals surface area contributed by atoms with E-state index < -0.39 is 97.5 Å². The van der Waals surface area contributed by atoms with Crippen molar-refractivity contribution in [2.45, 2.75) is 368 Å². The van der Waals surface area contributed by atoms with E-state index in [1.807, 2.05) is 0 Å². The van der Waals surface area contributed by atoms with Gasteiger partial charge in [0.05, 0.1) is 26.4 Å². The van der Waals surface area contributed by atoms with Gasteiger partial charge in [-0.05, 0) is 31.6 Å². The van der Waals surface area contributed by atoms with Crippen LogP contribution in [0.15, 0.2) is 0 Å². The van der Waals surface area contributed by atoms with Crippen molar-refractivity contribution in [3.8, 4) is 0 Å². The fourth-order valence-corrected chi connectivity index (χ4v) is 11.9. The van der Waals surface area contributed by atoms with Gasteiger partial charge in [0.15, 0.2) is 12.2 Å². The molecule has 0 aromatic carbocycles. The lowest BCUT2D eigenvalue weighted by molar-refractivity contribution is -0.161. The van der Waals surface area contributed by atoms with Gasteiger partial charge in [0, 0.05) is 25.7 Å². The lowest BCUT2D eigenvalue weighted by Gasteiger charge is -2.21. The highest BCUT2D eigenvalue weighted by atomic mass is 31.2. The Balaban J connectivity index is 5.22. The first kappa shape index (κ1) is 85.1. The number of hydrogen-bond acceptors (Lipinski definition) is 15. The van der Waals surface area contributed by atoms with Crippen LogP contribution in [0.1, 0.15) is 349 Å². The second-order valence-electron chi connectivity index (χ2n) is 25.0. The van der Waals surface area contributed by atoms with E-state index in [2.05, 4.69) is 34.6 Å². The third-order valence-corrected chi connectivity index (χ3v) is 17.7. The lowest BCUT2D eigenvalue weighted by Crippen LogP contribution is -2.30. The Kier molecular flexibility index (Phi) is 60.2. The molecule has 19 heteroatoms. The Morgan fingerprint density at radius 3 is 0.782 bits per heavy atom. The van der Waals surface area contributed by atoms with E-state index in [9.17, 15) is 43.2 Å². The number of aliphatic hydroxyl groups is 1. The smallest absolute Gasteiger partial charge is 0.462 e. The molecule has 3 N–H and O–H groups in total. The number of carbonyl (C=O) groups excluding carboxylic acids is 4. The van der Waals surface area contributed by atoms with Gasteiger partial charge in [-0.2, -0.15) is 0 Å². The molecule has 0 spiro atoms. The van der Waals surface area contributed by atoms with Crippen LogP contribution in [-0.2, 0) is 65.4 Å². The van der Waals surface area contributed by atoms with Gasteiger partial charge in [-0.1, -0.05) is 298 Å². The average molecular weight is 1280 g/mol. The topological polar surface area (TPSA) is 237 Å². The van der Waals surface area contributed by atoms with E-state index in [0.29, 0.717) is 31.6 Å². The molecule has 516 valence electrons. The molecule has 0 radical (unpaired) electrons. The van der Waals surface area contributed by atoms with E-state index in [1.54, 1.807) is 0 Å². The zero-order valence-electron chi connectivity index (χ0n) is 56.2. The average Bonchev–Trinajstić information content (AvgIpc) is 3.56. The van der Waals surface area contributed by atoms with Crippen molar-refractivity contribution >= 4 is 39.5 Å². The maximum atomic E-state index is 13.0. The molecule has 0 saturated carbocycles. The molecule has 2 unspecified atom stereocenters. The summed E-state index contributed by atoms with van der Waals surface area (Å²) in [5.74, 6) is -1.43. The van der Waals surface area contributed by atoms with E-state index in [4.69, 9.17) is 37.0 Å². The van der Waals surface area contributed by atoms with E-state index >= 15 is 0 Å². The molecule has 0 saturated heterocycles. The molecule has 5 atom stereocenters. The molecule has 0 heterocycles. The maximum absolute atomic E-state index is 13.0. The molecule has 87 heavy (non-hydrogen) atoms. The highest BCUT2D eigenvalue weighted by molar-refractivity contribution is 7.47. The monoisotopic (exact) mass is 1280 g/mol. The van der Waals surface area contributed by atoms with Gasteiger partial charge in [-0.3, -0.25) is 37.3 Å². The van der Waals surface area contributed by atoms with Crippen LogP contribution in [-0.4, -0.2) is 96.7 Å². The molecule has 0 aromatic heterocycles. The largest absolute Gasteiger partial charge is 0.472 e. The number of ether oxygens (including phenoxy) is 4. The lowest BCUT2D eigenvalue weighted by atomic mass is 10.0. The Labute approximate surface area is 530 Å². The highest BCUT2D eigenvalue weighted by Gasteiger charge is 2.30. The quantitative estimate of drug-likeness (QED) is 0.0222. The summed E-state index contributed by atoms with van der Waals surface area (Å²) in [6, 6.07) is 0. The maximum Gasteiger partial charge on any atom is 0.472 e. The summed E-state index contributed by atoms with van der Waals surface area (Å²) >= 11 is 0. The van der Waals surface area contributed by atoms with Crippen LogP contribution in [0.25, 0.3) is 0 Å². The first-order chi connectivity index (χ1) is 42.0. The summed E-state index contributed by atoms with van der Waals surface area (Å²) in [6.07, 6.45) is 47.3. The molecule has 0 aromatic rings. The Hall–Kier alpha value is -1.94. The zero-order valence-corrected chi connectivity index (χ0v) is 57.9. The molecule has 0 fully saturated rings. The minimum atomic E-state index is -4.95. The minimum absolute atomic E-state index is 0.104. The first-order valence-corrected chi connectivity index (χ1v) is 38.6. The standard InChI is InChI=1S/C68H132O17P2/c1-6-9-12-15-18-21-23-25-27-29-31-33-38-43-48-53-67(72)84-63(58-79-66(71)52-47-42-37-32-30-28-26-24-22-19-16-13-10-7-2)59-82-86(74,75)80-55-62(69)56-81-87(76,77)83-60-64(57-78-65(70)51-46-41-36-20-17-14-11-8-3)85-68(73)54-49-44-39-34-35-40-45-50-61(4)5/h61-64,69H,6-60H2,1-5H3,(H,74,75)(H,76,77)/t62-,63-,64-/m1/s1. The van der Waals surface area contributed by atoms with Gasteiger partial charge in [0.1, 0.15) is 19.3 Å². The van der Waals surface area contributed by atoms with Crippen molar-refractivity contribution in [2.24, 2.45) is 5.92 Å². The summed E-state index contributed by atoms with van der Waals surface area (Å²) in [6.45, 7) is 7.15. The Morgan fingerprint density at radius 2 is 0.529 bits per heavy atom. The Morgan fingerprint density at radius 1 is 0.310 bits per heavy atom. The molecule has 0 aliphatic carbocycles. The number of esters is 4. The summed E-state index contributed by atoms with van der Waals surface area (Å²) < 4.78 is 68.1. The second-order valence-corrected chi connectivity index (χ2v) is 27.9. The van der Waals surface area contributed by atoms with Gasteiger partial charge in [0.2, 0.25) is 0 Å². The third-order valence-electron chi connectivity index (χ3n) is 15.8. The molecule has 0 bridgehead atoms. The summed E-state index contributed by atoms with van der Waals surface area (Å²) in [5.41, 5.74) is 0. The van der Waals surface area contributed by atoms with E-state index in [0.717, 1.165) is 96.3 Å². The third kappa shape index (κ3) is 62.6. The molecule has 0 aliphatic heterocycles. The van der Waals surface area contributed by atoms with Gasteiger partial charge in [0.25, 0.3) is 0 Å². The molecule has 17 nitrogen and oxygen atoms in total. The second kappa shape index (κ2) is 61.6. The van der Waals surface area contributed by atoms with Crippen LogP contribution in [0.3, 0.4) is 0 Å². The van der Waals surface area contributed by atoms with Gasteiger partial charge < -0.3 is 33.8 Å². The number of hydrogen-bond donors (Lipinski definition) is 3. The van der Waals surface area contributed by atoms with Crippen LogP contribution in [0, 0.1) is 5.92 Å². The van der Waals surface area contributed by atoms with Crippen LogP contribution in [0.5, 0.6) is 0 Å². The number of carbonyl (C=O) groups is 4. The molecule has 0 aliphatic rings. The summed E-state index contributed by atoms with van der Waals surface area (Å²) in [7, 11) is -9.89. The summed E-state index contributed by atoms with van der Waals surface area (Å²) in [5, 5.41) is 10.6. The van der Waals surface area contributed by atoms with Crippen molar-refractivity contribution < 1.29 is 80.2 Å². The zero-order chi connectivity index (χ0) is 64.2. The predicted octanol–water partition coefficient (Wildman–Crippen LogP) is 19.4.